The number of nitrogens with zero attached hydrogens (tertiary/aromatic N) is 4. The van der Waals surface area contributed by atoms with Crippen LogP contribution in [0.3, 0.4) is 0 Å². The Balaban J connectivity index is 1.51. The fourth-order valence-corrected chi connectivity index (χ4v) is 6.11. The third-order valence-electron chi connectivity index (χ3n) is 8.37. The van der Waals surface area contributed by atoms with Gasteiger partial charge in [0.25, 0.3) is 0 Å². The highest BCUT2D eigenvalue weighted by Crippen LogP contribution is 2.41. The van der Waals surface area contributed by atoms with E-state index in [9.17, 15) is 9.90 Å². The zero-order valence-corrected chi connectivity index (χ0v) is 22.9. The third kappa shape index (κ3) is 5.14. The number of rotatable bonds is 8. The Bertz CT molecular complexity index is 1120. The van der Waals surface area contributed by atoms with Gasteiger partial charge in [0, 0.05) is 24.2 Å². The standard InChI is InChI=1S/C27H42N6O5/c1-16(2)25(34)37-20-19(14-32-12-5-7-27(32)8-10-29-11-9-27)36-24(21(20)38-26(35)17(3)4)33-13-6-18-22(28)30-15-31-23(18)33/h6,13,15-17,19-21,24,26,29,35H,5,7-12,14H2,1-4H3,(H2,28,30,31)/t19-,20-,21-,24-,26?/m1/s1. The lowest BCUT2D eigenvalue weighted by atomic mass is 9.85. The molecule has 38 heavy (non-hydrogen) atoms. The molecule has 11 heteroatoms. The second-order valence-electron chi connectivity index (χ2n) is 11.6. The molecule has 0 radical (unpaired) electrons. The van der Waals surface area contributed by atoms with Gasteiger partial charge < -0.3 is 34.9 Å². The minimum atomic E-state index is -1.06. The summed E-state index contributed by atoms with van der Waals surface area (Å²) in [5.41, 5.74) is 6.84. The molecule has 4 N–H and O–H groups in total. The maximum Gasteiger partial charge on any atom is 0.308 e. The van der Waals surface area contributed by atoms with E-state index in [0.29, 0.717) is 23.4 Å². The summed E-state index contributed by atoms with van der Waals surface area (Å²) in [5, 5.41) is 15.0. The van der Waals surface area contributed by atoms with Gasteiger partial charge in [0.2, 0.25) is 0 Å². The zero-order chi connectivity index (χ0) is 27.0. The van der Waals surface area contributed by atoms with E-state index in [2.05, 4.69) is 20.2 Å². The number of aliphatic hydroxyl groups excluding tert-OH is 1. The van der Waals surface area contributed by atoms with E-state index < -0.39 is 30.8 Å². The summed E-state index contributed by atoms with van der Waals surface area (Å²) in [6.45, 7) is 11.0. The van der Waals surface area contributed by atoms with Crippen molar-refractivity contribution in [2.45, 2.75) is 89.7 Å². The number of ether oxygens (including phenoxy) is 3. The molecule has 0 aliphatic carbocycles. The van der Waals surface area contributed by atoms with Crippen LogP contribution in [0.25, 0.3) is 11.0 Å². The van der Waals surface area contributed by atoms with Gasteiger partial charge >= 0.3 is 5.97 Å². The largest absolute Gasteiger partial charge is 0.456 e. The number of aliphatic hydroxyl groups is 1. The first-order valence-electron chi connectivity index (χ1n) is 13.9. The Morgan fingerprint density at radius 2 is 2.00 bits per heavy atom. The molecule has 0 bridgehead atoms. The molecule has 2 aromatic rings. The van der Waals surface area contributed by atoms with Crippen molar-refractivity contribution >= 4 is 22.8 Å². The second kappa shape index (κ2) is 11.1. The maximum atomic E-state index is 12.9. The topological polar surface area (TPSA) is 137 Å². The van der Waals surface area contributed by atoms with Gasteiger partial charge in [-0.3, -0.25) is 9.69 Å². The Labute approximate surface area is 224 Å². The molecular formula is C27H42N6O5. The van der Waals surface area contributed by atoms with Crippen LogP contribution in [-0.4, -0.2) is 86.8 Å². The molecule has 1 unspecified atom stereocenters. The van der Waals surface area contributed by atoms with Crippen LogP contribution in [0.1, 0.15) is 59.6 Å². The minimum Gasteiger partial charge on any atom is -0.456 e. The van der Waals surface area contributed by atoms with Crippen molar-refractivity contribution in [3.63, 3.8) is 0 Å². The van der Waals surface area contributed by atoms with Crippen molar-refractivity contribution in [1.29, 1.82) is 0 Å². The average Bonchev–Trinajstić information content (AvgIpc) is 3.57. The first-order chi connectivity index (χ1) is 18.2. The van der Waals surface area contributed by atoms with Crippen molar-refractivity contribution in [1.82, 2.24) is 24.8 Å². The Hall–Kier alpha value is -2.31. The molecule has 3 aliphatic rings. The number of anilines is 1. The van der Waals surface area contributed by atoms with E-state index in [1.165, 1.54) is 6.33 Å². The van der Waals surface area contributed by atoms with Gasteiger partial charge in [0.05, 0.1) is 11.3 Å². The fraction of sp³-hybridized carbons (Fsp3) is 0.741. The predicted molar refractivity (Wildman–Crippen MR) is 142 cm³/mol. The first kappa shape index (κ1) is 27.3. The van der Waals surface area contributed by atoms with Crippen molar-refractivity contribution < 1.29 is 24.1 Å². The number of hydrogen-bond donors (Lipinski definition) is 3. The molecule has 1 spiro atoms. The number of piperidine rings is 1. The van der Waals surface area contributed by atoms with Crippen molar-refractivity contribution in [2.75, 3.05) is 31.9 Å². The lowest BCUT2D eigenvalue weighted by Gasteiger charge is -2.43. The summed E-state index contributed by atoms with van der Waals surface area (Å²) in [6.07, 6.45) is 4.07. The highest BCUT2D eigenvalue weighted by atomic mass is 16.7. The quantitative estimate of drug-likeness (QED) is 0.343. The lowest BCUT2D eigenvalue weighted by molar-refractivity contribution is -0.202. The fourth-order valence-electron chi connectivity index (χ4n) is 6.11. The van der Waals surface area contributed by atoms with Crippen molar-refractivity contribution in [3.05, 3.63) is 18.6 Å². The molecule has 3 aliphatic heterocycles. The molecule has 11 nitrogen and oxygen atoms in total. The summed E-state index contributed by atoms with van der Waals surface area (Å²) < 4.78 is 20.9. The summed E-state index contributed by atoms with van der Waals surface area (Å²) in [6, 6.07) is 1.84. The molecule has 5 rings (SSSR count). The smallest absolute Gasteiger partial charge is 0.308 e. The Kier molecular flexibility index (Phi) is 7.93. The van der Waals surface area contributed by atoms with Gasteiger partial charge in [-0.2, -0.15) is 0 Å². The van der Waals surface area contributed by atoms with Crippen LogP contribution in [0.4, 0.5) is 5.82 Å². The van der Waals surface area contributed by atoms with E-state index in [4.69, 9.17) is 19.9 Å². The molecule has 0 amide bonds. The lowest BCUT2D eigenvalue weighted by Crippen LogP contribution is -2.54. The Morgan fingerprint density at radius 1 is 1.24 bits per heavy atom. The highest BCUT2D eigenvalue weighted by molar-refractivity contribution is 5.86. The highest BCUT2D eigenvalue weighted by Gasteiger charge is 2.53. The molecule has 5 heterocycles. The van der Waals surface area contributed by atoms with Crippen LogP contribution in [-0.2, 0) is 19.0 Å². The van der Waals surface area contributed by atoms with Gasteiger partial charge in [-0.1, -0.05) is 27.7 Å². The number of likely N-dealkylation sites (tertiary alicyclic amines) is 1. The molecule has 5 atom stereocenters. The summed E-state index contributed by atoms with van der Waals surface area (Å²) in [4.78, 5) is 24.0. The number of aromatic nitrogens is 3. The van der Waals surface area contributed by atoms with Crippen LogP contribution < -0.4 is 11.1 Å². The molecular weight excluding hydrogens is 488 g/mol. The van der Waals surface area contributed by atoms with Gasteiger partial charge in [0.15, 0.2) is 18.6 Å². The van der Waals surface area contributed by atoms with Crippen LogP contribution in [0.15, 0.2) is 18.6 Å². The molecule has 3 fully saturated rings. The van der Waals surface area contributed by atoms with Crippen LogP contribution in [0, 0.1) is 11.8 Å². The number of carbonyl (C=O) groups is 1. The predicted octanol–water partition coefficient (Wildman–Crippen LogP) is 2.06. The van der Waals surface area contributed by atoms with Gasteiger partial charge in [-0.05, 0) is 51.4 Å². The monoisotopic (exact) mass is 530 g/mol. The molecule has 210 valence electrons. The van der Waals surface area contributed by atoms with E-state index in [1.54, 1.807) is 0 Å². The number of esters is 1. The van der Waals surface area contributed by atoms with E-state index in [0.717, 1.165) is 45.3 Å². The summed E-state index contributed by atoms with van der Waals surface area (Å²) in [5.74, 6) is -0.422. The third-order valence-corrected chi connectivity index (χ3v) is 8.37. The van der Waals surface area contributed by atoms with Gasteiger partial charge in [-0.15, -0.1) is 0 Å². The molecule has 0 saturated carbocycles. The van der Waals surface area contributed by atoms with Crippen LogP contribution in [0.5, 0.6) is 0 Å². The summed E-state index contributed by atoms with van der Waals surface area (Å²) in [7, 11) is 0. The zero-order valence-electron chi connectivity index (χ0n) is 22.9. The molecule has 3 saturated heterocycles. The minimum absolute atomic E-state index is 0.134. The first-order valence-corrected chi connectivity index (χ1v) is 13.9. The number of nitrogens with two attached hydrogens (primary N) is 1. The van der Waals surface area contributed by atoms with Gasteiger partial charge in [0.1, 0.15) is 30.0 Å². The van der Waals surface area contributed by atoms with Crippen molar-refractivity contribution in [3.8, 4) is 0 Å². The van der Waals surface area contributed by atoms with Crippen molar-refractivity contribution in [2.24, 2.45) is 11.8 Å². The van der Waals surface area contributed by atoms with E-state index in [1.807, 2.05) is 44.5 Å². The molecule has 0 aromatic carbocycles. The second-order valence-corrected chi connectivity index (χ2v) is 11.6. The number of nitrogens with one attached hydrogen (secondary N) is 1. The van der Waals surface area contributed by atoms with E-state index in [-0.39, 0.29) is 23.3 Å². The normalized spacial score (nSPS) is 28.6. The summed E-state index contributed by atoms with van der Waals surface area (Å²) >= 11 is 0. The van der Waals surface area contributed by atoms with Crippen LogP contribution in [0.2, 0.25) is 0 Å². The number of fused-ring (bicyclic) bond motifs is 1. The number of carbonyl (C=O) groups excluding carboxylic acids is 1. The van der Waals surface area contributed by atoms with Gasteiger partial charge in [-0.25, -0.2) is 9.97 Å². The van der Waals surface area contributed by atoms with E-state index >= 15 is 0 Å². The SMILES string of the molecule is CC(C)C(=O)O[C@H]1[C@@H](OC(O)C(C)C)[C@H](n2ccc3c(N)ncnc32)O[C@@H]1CN1CCCC12CCNCC2. The maximum absolute atomic E-state index is 12.9. The number of hydrogen-bond acceptors (Lipinski definition) is 10. The number of nitrogen functional groups attached to an aromatic ring is 1. The Morgan fingerprint density at radius 3 is 2.71 bits per heavy atom. The average molecular weight is 531 g/mol. The molecule has 2 aromatic heterocycles. The van der Waals surface area contributed by atoms with Crippen LogP contribution >= 0.6 is 0 Å².